The molecule has 0 aliphatic heterocycles. The van der Waals surface area contributed by atoms with Crippen molar-refractivity contribution < 1.29 is 8.42 Å². The van der Waals surface area contributed by atoms with Crippen LogP contribution < -0.4 is 0 Å². The molecule has 0 radical (unpaired) electrons. The van der Waals surface area contributed by atoms with Gasteiger partial charge in [-0.1, -0.05) is 19.1 Å². The summed E-state index contributed by atoms with van der Waals surface area (Å²) >= 11 is 5.67. The third-order valence-corrected chi connectivity index (χ3v) is 5.02. The highest BCUT2D eigenvalue weighted by molar-refractivity contribution is 7.91. The van der Waals surface area contributed by atoms with Gasteiger partial charge in [-0.25, -0.2) is 18.4 Å². The average molecular weight is 285 g/mol. The summed E-state index contributed by atoms with van der Waals surface area (Å²) < 4.78 is 24.5. The van der Waals surface area contributed by atoms with E-state index >= 15 is 0 Å². The number of sulfone groups is 1. The van der Waals surface area contributed by atoms with E-state index in [9.17, 15) is 8.42 Å². The number of alkyl halides is 1. The van der Waals surface area contributed by atoms with E-state index in [1.807, 2.05) is 6.07 Å². The van der Waals surface area contributed by atoms with Crippen LogP contribution in [-0.4, -0.2) is 30.0 Å². The largest absolute Gasteiger partial charge is 0.236 e. The molecule has 18 heavy (non-hydrogen) atoms. The maximum absolute atomic E-state index is 12.3. The third kappa shape index (κ3) is 2.62. The van der Waals surface area contributed by atoms with Crippen molar-refractivity contribution in [2.75, 3.05) is 11.6 Å². The third-order valence-electron chi connectivity index (χ3n) is 2.57. The standard InChI is InChI=1S/C12H13ClN2O2S/c1-9(6-13)7-18(16,17)12-10-4-2-3-5-11(10)14-8-15-12/h2-5,8-9H,6-7H2,1H3. The van der Waals surface area contributed by atoms with Crippen molar-refractivity contribution in [3.8, 4) is 0 Å². The Balaban J connectivity index is 2.54. The van der Waals surface area contributed by atoms with Gasteiger partial charge in [-0.15, -0.1) is 11.6 Å². The van der Waals surface area contributed by atoms with Gasteiger partial charge in [0.05, 0.1) is 11.3 Å². The summed E-state index contributed by atoms with van der Waals surface area (Å²) in [5.74, 6) is 0.199. The first-order chi connectivity index (χ1) is 8.54. The summed E-state index contributed by atoms with van der Waals surface area (Å²) in [6, 6.07) is 7.07. The summed E-state index contributed by atoms with van der Waals surface area (Å²) in [5, 5.41) is 0.645. The minimum absolute atomic E-state index is 0.00247. The zero-order chi connectivity index (χ0) is 13.2. The van der Waals surface area contributed by atoms with Crippen LogP contribution in [0.3, 0.4) is 0 Å². The van der Waals surface area contributed by atoms with E-state index < -0.39 is 9.84 Å². The van der Waals surface area contributed by atoms with Gasteiger partial charge >= 0.3 is 0 Å². The van der Waals surface area contributed by atoms with Crippen molar-refractivity contribution in [3.63, 3.8) is 0 Å². The van der Waals surface area contributed by atoms with Gasteiger partial charge < -0.3 is 0 Å². The fraction of sp³-hybridized carbons (Fsp3) is 0.333. The molecule has 0 bridgehead atoms. The predicted octanol–water partition coefficient (Wildman–Crippen LogP) is 2.28. The zero-order valence-electron chi connectivity index (χ0n) is 9.88. The molecule has 0 N–H and O–H groups in total. The Morgan fingerprint density at radius 2 is 2.00 bits per heavy atom. The van der Waals surface area contributed by atoms with Crippen LogP contribution in [0.2, 0.25) is 0 Å². The van der Waals surface area contributed by atoms with Crippen LogP contribution in [0, 0.1) is 5.92 Å². The van der Waals surface area contributed by atoms with E-state index in [1.54, 1.807) is 25.1 Å². The van der Waals surface area contributed by atoms with E-state index in [0.29, 0.717) is 16.8 Å². The van der Waals surface area contributed by atoms with Gasteiger partial charge in [-0.05, 0) is 18.1 Å². The maximum Gasteiger partial charge on any atom is 0.196 e. The molecule has 0 fully saturated rings. The smallest absolute Gasteiger partial charge is 0.196 e. The molecule has 1 unspecified atom stereocenters. The van der Waals surface area contributed by atoms with Crippen molar-refractivity contribution in [1.82, 2.24) is 9.97 Å². The van der Waals surface area contributed by atoms with Gasteiger partial charge in [0.1, 0.15) is 6.33 Å². The highest BCUT2D eigenvalue weighted by Gasteiger charge is 2.22. The first kappa shape index (κ1) is 13.2. The molecule has 0 aliphatic rings. The molecule has 0 amide bonds. The Hall–Kier alpha value is -1.20. The molecular formula is C12H13ClN2O2S. The molecule has 0 aliphatic carbocycles. The molecule has 1 atom stereocenters. The summed E-state index contributed by atoms with van der Waals surface area (Å²) in [5.41, 5.74) is 0.629. The summed E-state index contributed by atoms with van der Waals surface area (Å²) in [6.07, 6.45) is 1.28. The second kappa shape index (κ2) is 5.20. The Labute approximate surface area is 111 Å². The molecule has 0 saturated heterocycles. The molecule has 2 aromatic rings. The van der Waals surface area contributed by atoms with Gasteiger partial charge in [0.2, 0.25) is 0 Å². The lowest BCUT2D eigenvalue weighted by molar-refractivity contribution is 0.580. The number of para-hydroxylation sites is 1. The topological polar surface area (TPSA) is 59.9 Å². The van der Waals surface area contributed by atoms with E-state index in [1.165, 1.54) is 6.33 Å². The minimum atomic E-state index is -3.43. The minimum Gasteiger partial charge on any atom is -0.236 e. The first-order valence-electron chi connectivity index (χ1n) is 5.53. The van der Waals surface area contributed by atoms with Crippen LogP contribution in [0.4, 0.5) is 0 Å². The Bertz CT molecular complexity index is 653. The molecule has 0 spiro atoms. The van der Waals surface area contributed by atoms with Gasteiger partial charge in [-0.3, -0.25) is 0 Å². The number of fused-ring (bicyclic) bond motifs is 1. The fourth-order valence-corrected chi connectivity index (χ4v) is 3.70. The van der Waals surface area contributed by atoms with Crippen molar-refractivity contribution in [2.45, 2.75) is 11.9 Å². The van der Waals surface area contributed by atoms with Crippen molar-refractivity contribution in [3.05, 3.63) is 30.6 Å². The number of hydrogen-bond acceptors (Lipinski definition) is 4. The van der Waals surface area contributed by atoms with E-state index in [4.69, 9.17) is 11.6 Å². The monoisotopic (exact) mass is 284 g/mol. The molecule has 1 aromatic heterocycles. The second-order valence-electron chi connectivity index (χ2n) is 4.24. The molecule has 0 saturated carbocycles. The normalized spacial score (nSPS) is 13.7. The molecular weight excluding hydrogens is 272 g/mol. The number of benzene rings is 1. The predicted molar refractivity (Wildman–Crippen MR) is 71.5 cm³/mol. The summed E-state index contributed by atoms with van der Waals surface area (Å²) in [4.78, 5) is 7.98. The van der Waals surface area contributed by atoms with E-state index in [0.717, 1.165) is 0 Å². The lowest BCUT2D eigenvalue weighted by Gasteiger charge is -2.09. The van der Waals surface area contributed by atoms with E-state index in [-0.39, 0.29) is 16.7 Å². The molecule has 96 valence electrons. The summed E-state index contributed by atoms with van der Waals surface area (Å²) in [6.45, 7) is 1.80. The van der Waals surface area contributed by atoms with Crippen molar-refractivity contribution >= 4 is 32.3 Å². The quantitative estimate of drug-likeness (QED) is 0.638. The van der Waals surface area contributed by atoms with Crippen molar-refractivity contribution in [1.29, 1.82) is 0 Å². The SMILES string of the molecule is CC(CCl)CS(=O)(=O)c1ncnc2ccccc12. The van der Waals surface area contributed by atoms with E-state index in [2.05, 4.69) is 9.97 Å². The van der Waals surface area contributed by atoms with Crippen LogP contribution in [0.1, 0.15) is 6.92 Å². The second-order valence-corrected chi connectivity index (χ2v) is 6.49. The molecule has 4 nitrogen and oxygen atoms in total. The summed E-state index contributed by atoms with van der Waals surface area (Å²) in [7, 11) is -3.43. The average Bonchev–Trinajstić information content (AvgIpc) is 2.37. The van der Waals surface area contributed by atoms with Crippen LogP contribution in [0.15, 0.2) is 35.6 Å². The van der Waals surface area contributed by atoms with Gasteiger partial charge in [0.15, 0.2) is 14.9 Å². The highest BCUT2D eigenvalue weighted by atomic mass is 35.5. The van der Waals surface area contributed by atoms with Gasteiger partial charge in [0, 0.05) is 11.3 Å². The van der Waals surface area contributed by atoms with Crippen LogP contribution in [0.25, 0.3) is 10.9 Å². The Morgan fingerprint density at radius 3 is 2.72 bits per heavy atom. The fourth-order valence-electron chi connectivity index (χ4n) is 1.73. The number of nitrogens with zero attached hydrogens (tertiary/aromatic N) is 2. The van der Waals surface area contributed by atoms with Gasteiger partial charge in [-0.2, -0.15) is 0 Å². The highest BCUT2D eigenvalue weighted by Crippen LogP contribution is 2.21. The van der Waals surface area contributed by atoms with Crippen LogP contribution >= 0.6 is 11.6 Å². The first-order valence-corrected chi connectivity index (χ1v) is 7.71. The molecule has 6 heteroatoms. The molecule has 1 heterocycles. The zero-order valence-corrected chi connectivity index (χ0v) is 11.4. The number of rotatable bonds is 4. The lowest BCUT2D eigenvalue weighted by atomic mass is 10.2. The lowest BCUT2D eigenvalue weighted by Crippen LogP contribution is -2.16. The number of halogens is 1. The number of aromatic nitrogens is 2. The Kier molecular flexibility index (Phi) is 3.82. The van der Waals surface area contributed by atoms with Gasteiger partial charge in [0.25, 0.3) is 0 Å². The number of hydrogen-bond donors (Lipinski definition) is 0. The molecule has 2 rings (SSSR count). The maximum atomic E-state index is 12.3. The van der Waals surface area contributed by atoms with Crippen LogP contribution in [0.5, 0.6) is 0 Å². The molecule has 1 aromatic carbocycles. The Morgan fingerprint density at radius 1 is 1.28 bits per heavy atom. The van der Waals surface area contributed by atoms with Crippen LogP contribution in [-0.2, 0) is 9.84 Å². The van der Waals surface area contributed by atoms with Crippen molar-refractivity contribution in [2.24, 2.45) is 5.92 Å².